The van der Waals surface area contributed by atoms with Crippen LogP contribution in [0.4, 0.5) is 0 Å². The van der Waals surface area contributed by atoms with Crippen LogP contribution in [0.2, 0.25) is 0 Å². The molecule has 0 aromatic heterocycles. The van der Waals surface area contributed by atoms with Gasteiger partial charge in [-0.05, 0) is 31.9 Å². The summed E-state index contributed by atoms with van der Waals surface area (Å²) in [7, 11) is 1.88. The minimum Gasteiger partial charge on any atom is -0.480 e. The first kappa shape index (κ1) is 14.7. The van der Waals surface area contributed by atoms with Crippen LogP contribution in [0.3, 0.4) is 0 Å². The fourth-order valence-corrected chi connectivity index (χ4v) is 2.18. The molecule has 0 aliphatic carbocycles. The highest BCUT2D eigenvalue weighted by Gasteiger charge is 2.25. The zero-order chi connectivity index (χ0) is 13.7. The van der Waals surface area contributed by atoms with E-state index in [1.165, 1.54) is 11.1 Å². The lowest BCUT2D eigenvalue weighted by atomic mass is 10.0. The van der Waals surface area contributed by atoms with Crippen molar-refractivity contribution in [1.82, 2.24) is 4.90 Å². The Morgan fingerprint density at radius 2 is 1.83 bits per heavy atom. The van der Waals surface area contributed by atoms with Gasteiger partial charge in [-0.2, -0.15) is 0 Å². The van der Waals surface area contributed by atoms with Gasteiger partial charge in [0.15, 0.2) is 0 Å². The highest BCUT2D eigenvalue weighted by atomic mass is 16.4. The molecule has 18 heavy (non-hydrogen) atoms. The van der Waals surface area contributed by atoms with Gasteiger partial charge in [0.25, 0.3) is 0 Å². The quantitative estimate of drug-likeness (QED) is 0.842. The fraction of sp³-hybridized carbons (Fsp3) is 0.533. The van der Waals surface area contributed by atoms with E-state index >= 15 is 0 Å². The Hall–Kier alpha value is -1.35. The van der Waals surface area contributed by atoms with Crippen molar-refractivity contribution in [2.45, 2.75) is 33.2 Å². The topological polar surface area (TPSA) is 40.5 Å². The minimum absolute atomic E-state index is 0.116. The van der Waals surface area contributed by atoms with E-state index in [9.17, 15) is 9.90 Å². The first-order valence-corrected chi connectivity index (χ1v) is 6.40. The number of carboxylic acids is 1. The summed E-state index contributed by atoms with van der Waals surface area (Å²) in [5.41, 5.74) is 2.50. The maximum Gasteiger partial charge on any atom is 0.321 e. The number of carbonyl (C=O) groups is 1. The largest absolute Gasteiger partial charge is 0.480 e. The Labute approximate surface area is 109 Å². The third-order valence-corrected chi connectivity index (χ3v) is 3.23. The molecule has 0 aliphatic heterocycles. The summed E-state index contributed by atoms with van der Waals surface area (Å²) in [5.74, 6) is -0.623. The zero-order valence-corrected chi connectivity index (χ0v) is 11.7. The van der Waals surface area contributed by atoms with Crippen LogP contribution in [0.15, 0.2) is 24.3 Å². The monoisotopic (exact) mass is 249 g/mol. The molecule has 0 saturated carbocycles. The van der Waals surface area contributed by atoms with Gasteiger partial charge in [0.2, 0.25) is 0 Å². The van der Waals surface area contributed by atoms with E-state index in [0.717, 1.165) is 13.0 Å². The predicted octanol–water partition coefficient (Wildman–Crippen LogP) is 2.58. The lowest BCUT2D eigenvalue weighted by molar-refractivity contribution is -0.144. The second kappa shape index (κ2) is 6.55. The van der Waals surface area contributed by atoms with Crippen molar-refractivity contribution in [2.24, 2.45) is 5.92 Å². The molecule has 3 nitrogen and oxygen atoms in total. The Balaban J connectivity index is 2.56. The van der Waals surface area contributed by atoms with Crippen LogP contribution in [0.25, 0.3) is 0 Å². The highest BCUT2D eigenvalue weighted by Crippen LogP contribution is 2.11. The molecule has 100 valence electrons. The molecule has 3 heteroatoms. The first-order chi connectivity index (χ1) is 8.41. The SMILES string of the molecule is Cc1ccc(CCN(C)[C@H](C(=O)O)C(C)C)cc1. The molecule has 0 heterocycles. The number of hydrogen-bond acceptors (Lipinski definition) is 2. The van der Waals surface area contributed by atoms with E-state index in [1.54, 1.807) is 0 Å². The molecular formula is C15H23NO2. The minimum atomic E-state index is -0.739. The summed E-state index contributed by atoms with van der Waals surface area (Å²) >= 11 is 0. The third-order valence-electron chi connectivity index (χ3n) is 3.23. The van der Waals surface area contributed by atoms with Crippen LogP contribution in [-0.4, -0.2) is 35.6 Å². The van der Waals surface area contributed by atoms with Crippen molar-refractivity contribution in [2.75, 3.05) is 13.6 Å². The summed E-state index contributed by atoms with van der Waals surface area (Å²) in [6, 6.07) is 7.98. The van der Waals surface area contributed by atoms with Crippen LogP contribution < -0.4 is 0 Å². The van der Waals surface area contributed by atoms with Crippen LogP contribution in [0.5, 0.6) is 0 Å². The maximum atomic E-state index is 11.2. The normalized spacial score (nSPS) is 13.0. The Morgan fingerprint density at radius 1 is 1.28 bits per heavy atom. The molecule has 0 radical (unpaired) electrons. The summed E-state index contributed by atoms with van der Waals surface area (Å²) in [5, 5.41) is 9.21. The van der Waals surface area contributed by atoms with Gasteiger partial charge in [-0.3, -0.25) is 9.69 Å². The number of aliphatic carboxylic acids is 1. The van der Waals surface area contributed by atoms with E-state index < -0.39 is 12.0 Å². The number of likely N-dealkylation sites (N-methyl/N-ethyl adjacent to an activating group) is 1. The predicted molar refractivity (Wildman–Crippen MR) is 73.8 cm³/mol. The third kappa shape index (κ3) is 4.15. The molecule has 0 fully saturated rings. The number of nitrogens with zero attached hydrogens (tertiary/aromatic N) is 1. The highest BCUT2D eigenvalue weighted by molar-refractivity contribution is 5.73. The van der Waals surface area contributed by atoms with Gasteiger partial charge < -0.3 is 5.11 Å². The van der Waals surface area contributed by atoms with Crippen LogP contribution in [0.1, 0.15) is 25.0 Å². The standard InChI is InChI=1S/C15H23NO2/c1-11(2)14(15(17)18)16(4)10-9-13-7-5-12(3)6-8-13/h5-8,11,14H,9-10H2,1-4H3,(H,17,18)/t14-/m0/s1. The van der Waals surface area contributed by atoms with Crippen molar-refractivity contribution in [1.29, 1.82) is 0 Å². The van der Waals surface area contributed by atoms with Gasteiger partial charge in [0.1, 0.15) is 6.04 Å². The average Bonchev–Trinajstić information content (AvgIpc) is 2.27. The van der Waals surface area contributed by atoms with Gasteiger partial charge in [0.05, 0.1) is 0 Å². The number of hydrogen-bond donors (Lipinski definition) is 1. The van der Waals surface area contributed by atoms with Crippen molar-refractivity contribution in [3.63, 3.8) is 0 Å². The second-order valence-corrected chi connectivity index (χ2v) is 5.24. The fourth-order valence-electron chi connectivity index (χ4n) is 2.18. The molecular weight excluding hydrogens is 226 g/mol. The molecule has 0 aliphatic rings. The molecule has 0 saturated heterocycles. The summed E-state index contributed by atoms with van der Waals surface area (Å²) < 4.78 is 0. The van der Waals surface area contributed by atoms with Crippen molar-refractivity contribution in [3.8, 4) is 0 Å². The summed E-state index contributed by atoms with van der Waals surface area (Å²) in [4.78, 5) is 13.1. The van der Waals surface area contributed by atoms with E-state index in [0.29, 0.717) is 0 Å². The molecule has 1 rings (SSSR count). The summed E-state index contributed by atoms with van der Waals surface area (Å²) in [6.07, 6.45) is 0.882. The van der Waals surface area contributed by atoms with Gasteiger partial charge in [-0.1, -0.05) is 43.7 Å². The van der Waals surface area contributed by atoms with Gasteiger partial charge in [-0.25, -0.2) is 0 Å². The van der Waals surface area contributed by atoms with E-state index in [2.05, 4.69) is 31.2 Å². The number of carboxylic acid groups (broad SMARTS) is 1. The maximum absolute atomic E-state index is 11.2. The Kier molecular flexibility index (Phi) is 5.35. The van der Waals surface area contributed by atoms with Crippen molar-refractivity contribution < 1.29 is 9.90 Å². The average molecular weight is 249 g/mol. The van der Waals surface area contributed by atoms with E-state index in [4.69, 9.17) is 0 Å². The number of benzene rings is 1. The lowest BCUT2D eigenvalue weighted by Gasteiger charge is -2.27. The molecule has 0 unspecified atom stereocenters. The molecule has 1 aromatic rings. The lowest BCUT2D eigenvalue weighted by Crippen LogP contribution is -2.43. The molecule has 0 spiro atoms. The molecule has 1 aromatic carbocycles. The molecule has 1 N–H and O–H groups in total. The first-order valence-electron chi connectivity index (χ1n) is 6.40. The second-order valence-electron chi connectivity index (χ2n) is 5.24. The Bertz CT molecular complexity index is 384. The van der Waals surface area contributed by atoms with Gasteiger partial charge in [0, 0.05) is 6.54 Å². The zero-order valence-electron chi connectivity index (χ0n) is 11.7. The van der Waals surface area contributed by atoms with Gasteiger partial charge in [-0.15, -0.1) is 0 Å². The van der Waals surface area contributed by atoms with Crippen molar-refractivity contribution >= 4 is 5.97 Å². The van der Waals surface area contributed by atoms with Gasteiger partial charge >= 0.3 is 5.97 Å². The van der Waals surface area contributed by atoms with Crippen molar-refractivity contribution in [3.05, 3.63) is 35.4 Å². The number of aryl methyl sites for hydroxylation is 1. The Morgan fingerprint density at radius 3 is 2.28 bits per heavy atom. The molecule has 0 amide bonds. The molecule has 1 atom stereocenters. The smallest absolute Gasteiger partial charge is 0.321 e. The summed E-state index contributed by atoms with van der Waals surface area (Å²) in [6.45, 7) is 6.72. The van der Waals surface area contributed by atoms with E-state index in [1.807, 2.05) is 25.8 Å². The van der Waals surface area contributed by atoms with Crippen LogP contribution in [0, 0.1) is 12.8 Å². The molecule has 0 bridgehead atoms. The van der Waals surface area contributed by atoms with Crippen LogP contribution in [-0.2, 0) is 11.2 Å². The number of rotatable bonds is 6. The van der Waals surface area contributed by atoms with E-state index in [-0.39, 0.29) is 5.92 Å². The van der Waals surface area contributed by atoms with Crippen LogP contribution >= 0.6 is 0 Å².